The molecule has 0 aliphatic carbocycles. The summed E-state index contributed by atoms with van der Waals surface area (Å²) in [5, 5.41) is 12.1. The van der Waals surface area contributed by atoms with Gasteiger partial charge >= 0.3 is 0 Å². The molecule has 2 aromatic rings. The van der Waals surface area contributed by atoms with Crippen molar-refractivity contribution in [2.45, 2.75) is 26.5 Å². The highest BCUT2D eigenvalue weighted by molar-refractivity contribution is 6.34. The second-order valence-corrected chi connectivity index (χ2v) is 4.94. The SMILES string of the molecule is CC(C)n1ncnc1COc1cccc(Cl)c1C(=N)N. The van der Waals surface area contributed by atoms with Gasteiger partial charge in [-0.3, -0.25) is 5.41 Å². The molecular formula is C13H16ClN5O. The van der Waals surface area contributed by atoms with E-state index in [1.807, 2.05) is 13.8 Å². The molecule has 0 spiro atoms. The lowest BCUT2D eigenvalue weighted by Crippen LogP contribution is -2.15. The summed E-state index contributed by atoms with van der Waals surface area (Å²) in [5.74, 6) is 1.04. The Morgan fingerprint density at radius 3 is 2.90 bits per heavy atom. The van der Waals surface area contributed by atoms with Gasteiger partial charge in [-0.2, -0.15) is 5.10 Å². The smallest absolute Gasteiger partial charge is 0.165 e. The van der Waals surface area contributed by atoms with E-state index >= 15 is 0 Å². The number of hydrogen-bond donors (Lipinski definition) is 2. The van der Waals surface area contributed by atoms with E-state index in [1.54, 1.807) is 22.9 Å². The zero-order valence-corrected chi connectivity index (χ0v) is 12.1. The van der Waals surface area contributed by atoms with Crippen molar-refractivity contribution in [3.05, 3.63) is 40.9 Å². The Kier molecular flexibility index (Phi) is 4.24. The molecule has 7 heteroatoms. The largest absolute Gasteiger partial charge is 0.485 e. The predicted molar refractivity (Wildman–Crippen MR) is 77.2 cm³/mol. The molecule has 0 atom stereocenters. The molecule has 0 bridgehead atoms. The molecule has 2 rings (SSSR count). The van der Waals surface area contributed by atoms with Gasteiger partial charge in [-0.25, -0.2) is 9.67 Å². The summed E-state index contributed by atoms with van der Waals surface area (Å²) in [6.45, 7) is 4.26. The first-order chi connectivity index (χ1) is 9.50. The third-order valence-electron chi connectivity index (χ3n) is 2.74. The van der Waals surface area contributed by atoms with E-state index in [0.29, 0.717) is 22.2 Å². The molecule has 20 heavy (non-hydrogen) atoms. The van der Waals surface area contributed by atoms with Crippen LogP contribution in [0.15, 0.2) is 24.5 Å². The third-order valence-corrected chi connectivity index (χ3v) is 3.05. The van der Waals surface area contributed by atoms with Crippen molar-refractivity contribution < 1.29 is 4.74 Å². The van der Waals surface area contributed by atoms with Crippen molar-refractivity contribution in [3.63, 3.8) is 0 Å². The lowest BCUT2D eigenvalue weighted by Gasteiger charge is -2.13. The van der Waals surface area contributed by atoms with Crippen LogP contribution in [0, 0.1) is 5.41 Å². The number of nitrogen functional groups attached to an aromatic ring is 1. The number of halogens is 1. The Labute approximate surface area is 122 Å². The molecule has 0 radical (unpaired) electrons. The van der Waals surface area contributed by atoms with Gasteiger partial charge in [0.05, 0.1) is 10.6 Å². The van der Waals surface area contributed by atoms with Crippen LogP contribution in [0.25, 0.3) is 0 Å². The van der Waals surface area contributed by atoms with Crippen molar-refractivity contribution in [1.29, 1.82) is 5.41 Å². The summed E-state index contributed by atoms with van der Waals surface area (Å²) < 4.78 is 7.46. The highest BCUT2D eigenvalue weighted by Crippen LogP contribution is 2.26. The van der Waals surface area contributed by atoms with Crippen LogP contribution >= 0.6 is 11.6 Å². The molecule has 0 aliphatic heterocycles. The quantitative estimate of drug-likeness (QED) is 0.654. The normalized spacial score (nSPS) is 10.8. The highest BCUT2D eigenvalue weighted by atomic mass is 35.5. The fourth-order valence-corrected chi connectivity index (χ4v) is 2.10. The number of nitrogens with one attached hydrogen (secondary N) is 1. The first-order valence-corrected chi connectivity index (χ1v) is 6.52. The fraction of sp³-hybridized carbons (Fsp3) is 0.308. The summed E-state index contributed by atoms with van der Waals surface area (Å²) in [4.78, 5) is 4.16. The molecular weight excluding hydrogens is 278 g/mol. The van der Waals surface area contributed by atoms with Gasteiger partial charge in [0.1, 0.15) is 24.5 Å². The zero-order chi connectivity index (χ0) is 14.7. The Bertz CT molecular complexity index is 623. The molecule has 0 aliphatic rings. The topological polar surface area (TPSA) is 89.8 Å². The molecule has 6 nitrogen and oxygen atoms in total. The van der Waals surface area contributed by atoms with Gasteiger partial charge in [0, 0.05) is 6.04 Å². The maximum atomic E-state index is 7.56. The zero-order valence-electron chi connectivity index (χ0n) is 11.3. The fourth-order valence-electron chi connectivity index (χ4n) is 1.84. The first-order valence-electron chi connectivity index (χ1n) is 6.14. The second-order valence-electron chi connectivity index (χ2n) is 4.53. The molecule has 0 saturated heterocycles. The van der Waals surface area contributed by atoms with E-state index in [9.17, 15) is 0 Å². The van der Waals surface area contributed by atoms with Gasteiger partial charge in [0.15, 0.2) is 5.82 Å². The summed E-state index contributed by atoms with van der Waals surface area (Å²) in [5.41, 5.74) is 5.92. The monoisotopic (exact) mass is 293 g/mol. The molecule has 1 heterocycles. The predicted octanol–water partition coefficient (Wildman–Crippen LogP) is 2.38. The van der Waals surface area contributed by atoms with Crippen molar-refractivity contribution in [1.82, 2.24) is 14.8 Å². The number of nitrogens with zero attached hydrogens (tertiary/aromatic N) is 3. The van der Waals surface area contributed by atoms with Gasteiger partial charge in [-0.05, 0) is 26.0 Å². The van der Waals surface area contributed by atoms with Gasteiger partial charge in [-0.15, -0.1) is 0 Å². The van der Waals surface area contributed by atoms with E-state index in [-0.39, 0.29) is 18.5 Å². The molecule has 3 N–H and O–H groups in total. The number of aromatic nitrogens is 3. The van der Waals surface area contributed by atoms with E-state index in [2.05, 4.69) is 10.1 Å². The van der Waals surface area contributed by atoms with Crippen LogP contribution in [0.1, 0.15) is 31.3 Å². The molecule has 1 aromatic carbocycles. The lowest BCUT2D eigenvalue weighted by atomic mass is 10.2. The number of nitrogens with two attached hydrogens (primary N) is 1. The van der Waals surface area contributed by atoms with Gasteiger partial charge < -0.3 is 10.5 Å². The number of rotatable bonds is 5. The molecule has 0 saturated carbocycles. The maximum absolute atomic E-state index is 7.56. The van der Waals surface area contributed by atoms with E-state index in [1.165, 1.54) is 6.33 Å². The average molecular weight is 294 g/mol. The standard InChI is InChI=1S/C13H16ClN5O/c1-8(2)19-11(17-7-18-19)6-20-10-5-3-4-9(14)12(10)13(15)16/h3-5,7-8H,6H2,1-2H3,(H3,15,16). The second kappa shape index (κ2) is 5.92. The van der Waals surface area contributed by atoms with Crippen LogP contribution < -0.4 is 10.5 Å². The van der Waals surface area contributed by atoms with Crippen LogP contribution in [-0.2, 0) is 6.61 Å². The Morgan fingerprint density at radius 1 is 1.50 bits per heavy atom. The Balaban J connectivity index is 2.21. The molecule has 0 unspecified atom stereocenters. The third kappa shape index (κ3) is 2.91. The Hall–Kier alpha value is -2.08. The van der Waals surface area contributed by atoms with Crippen molar-refractivity contribution >= 4 is 17.4 Å². The highest BCUT2D eigenvalue weighted by Gasteiger charge is 2.13. The van der Waals surface area contributed by atoms with Gasteiger partial charge in [-0.1, -0.05) is 17.7 Å². The number of ether oxygens (including phenoxy) is 1. The summed E-state index contributed by atoms with van der Waals surface area (Å²) in [6.07, 6.45) is 1.49. The first kappa shape index (κ1) is 14.3. The Morgan fingerprint density at radius 2 is 2.25 bits per heavy atom. The summed E-state index contributed by atoms with van der Waals surface area (Å²) in [7, 11) is 0. The van der Waals surface area contributed by atoms with E-state index in [4.69, 9.17) is 27.5 Å². The minimum Gasteiger partial charge on any atom is -0.485 e. The van der Waals surface area contributed by atoms with Gasteiger partial charge in [0.2, 0.25) is 0 Å². The van der Waals surface area contributed by atoms with Crippen molar-refractivity contribution in [3.8, 4) is 5.75 Å². The van der Waals surface area contributed by atoms with Crippen LogP contribution in [0.5, 0.6) is 5.75 Å². The number of amidine groups is 1. The molecule has 1 aromatic heterocycles. The van der Waals surface area contributed by atoms with Crippen molar-refractivity contribution in [2.75, 3.05) is 0 Å². The van der Waals surface area contributed by atoms with Crippen molar-refractivity contribution in [2.24, 2.45) is 5.73 Å². The number of hydrogen-bond acceptors (Lipinski definition) is 4. The van der Waals surface area contributed by atoms with Crippen LogP contribution in [0.3, 0.4) is 0 Å². The minimum absolute atomic E-state index is 0.129. The van der Waals surface area contributed by atoms with E-state index in [0.717, 1.165) is 0 Å². The van der Waals surface area contributed by atoms with E-state index < -0.39 is 0 Å². The maximum Gasteiger partial charge on any atom is 0.165 e. The molecule has 0 amide bonds. The molecule has 106 valence electrons. The lowest BCUT2D eigenvalue weighted by molar-refractivity contribution is 0.282. The minimum atomic E-state index is -0.129. The number of benzene rings is 1. The van der Waals surface area contributed by atoms with Crippen LogP contribution in [0.4, 0.5) is 0 Å². The van der Waals surface area contributed by atoms with Crippen LogP contribution in [-0.4, -0.2) is 20.6 Å². The average Bonchev–Trinajstić information content (AvgIpc) is 2.84. The van der Waals surface area contributed by atoms with Crippen LogP contribution in [0.2, 0.25) is 5.02 Å². The summed E-state index contributed by atoms with van der Waals surface area (Å²) in [6, 6.07) is 5.33. The summed E-state index contributed by atoms with van der Waals surface area (Å²) >= 11 is 6.03. The van der Waals surface area contributed by atoms with Gasteiger partial charge in [0.25, 0.3) is 0 Å². The molecule has 0 fully saturated rings.